The summed E-state index contributed by atoms with van der Waals surface area (Å²) in [5, 5.41) is 9.70. The number of carboxylic acids is 1. The van der Waals surface area contributed by atoms with Gasteiger partial charge in [-0.25, -0.2) is 4.79 Å². The molecule has 0 fully saturated rings. The van der Waals surface area contributed by atoms with Gasteiger partial charge in [0.2, 0.25) is 0 Å². The fourth-order valence-corrected chi connectivity index (χ4v) is 4.01. The molecular formula is C20H13ClN2O3S. The Bertz CT molecular complexity index is 1190. The van der Waals surface area contributed by atoms with E-state index in [2.05, 4.69) is 4.98 Å². The van der Waals surface area contributed by atoms with E-state index in [1.54, 1.807) is 30.6 Å². The predicted octanol–water partition coefficient (Wildman–Crippen LogP) is 4.52. The van der Waals surface area contributed by atoms with Gasteiger partial charge in [0.15, 0.2) is 0 Å². The summed E-state index contributed by atoms with van der Waals surface area (Å²) in [6, 6.07) is 16.1. The van der Waals surface area contributed by atoms with Gasteiger partial charge in [-0.2, -0.15) is 4.98 Å². The number of rotatable bonds is 4. The number of carboxylic acid groups (broad SMARTS) is 1. The fraction of sp³-hybridized carbons (Fsp3) is 0.0500. The SMILES string of the molecule is O=C(O)c1ccc(-c2cc3c(s2)c(=O)ncn3Cc2ccc(Cl)cc2)cc1. The van der Waals surface area contributed by atoms with Crippen LogP contribution in [0.1, 0.15) is 15.9 Å². The minimum Gasteiger partial charge on any atom is -0.478 e. The molecule has 2 aromatic carbocycles. The lowest BCUT2D eigenvalue weighted by Crippen LogP contribution is -2.11. The van der Waals surface area contributed by atoms with Gasteiger partial charge in [0.25, 0.3) is 5.56 Å². The van der Waals surface area contributed by atoms with Gasteiger partial charge in [-0.1, -0.05) is 35.9 Å². The van der Waals surface area contributed by atoms with Crippen LogP contribution in [0.5, 0.6) is 0 Å². The summed E-state index contributed by atoms with van der Waals surface area (Å²) >= 11 is 7.29. The van der Waals surface area contributed by atoms with Crippen molar-refractivity contribution in [1.29, 1.82) is 0 Å². The van der Waals surface area contributed by atoms with Crippen LogP contribution in [0, 0.1) is 0 Å². The maximum absolute atomic E-state index is 12.2. The first-order valence-corrected chi connectivity index (χ1v) is 9.28. The van der Waals surface area contributed by atoms with Crippen molar-refractivity contribution < 1.29 is 9.90 Å². The van der Waals surface area contributed by atoms with Crippen molar-refractivity contribution in [2.24, 2.45) is 0 Å². The molecule has 0 aliphatic carbocycles. The molecule has 134 valence electrons. The van der Waals surface area contributed by atoms with Crippen LogP contribution in [0.3, 0.4) is 0 Å². The molecule has 0 aliphatic heterocycles. The minimum absolute atomic E-state index is 0.226. The maximum Gasteiger partial charge on any atom is 0.335 e. The quantitative estimate of drug-likeness (QED) is 0.550. The van der Waals surface area contributed by atoms with Gasteiger partial charge >= 0.3 is 5.97 Å². The number of carbonyl (C=O) groups is 1. The molecule has 5 nitrogen and oxygen atoms in total. The molecule has 0 bridgehead atoms. The topological polar surface area (TPSA) is 72.2 Å². The number of nitrogens with zero attached hydrogens (tertiary/aromatic N) is 2. The summed E-state index contributed by atoms with van der Waals surface area (Å²) in [7, 11) is 0. The molecule has 0 saturated heterocycles. The smallest absolute Gasteiger partial charge is 0.335 e. The first-order valence-electron chi connectivity index (χ1n) is 8.08. The second-order valence-electron chi connectivity index (χ2n) is 6.01. The van der Waals surface area contributed by atoms with Crippen molar-refractivity contribution in [2.45, 2.75) is 6.54 Å². The highest BCUT2D eigenvalue weighted by Gasteiger charge is 2.12. The number of halogens is 1. The maximum atomic E-state index is 12.2. The van der Waals surface area contributed by atoms with Crippen LogP contribution in [-0.4, -0.2) is 20.6 Å². The molecule has 4 rings (SSSR count). The van der Waals surface area contributed by atoms with Gasteiger partial charge < -0.3 is 9.67 Å². The molecule has 2 heterocycles. The van der Waals surface area contributed by atoms with Gasteiger partial charge in [-0.3, -0.25) is 4.79 Å². The van der Waals surface area contributed by atoms with Crippen LogP contribution in [0.15, 0.2) is 65.7 Å². The Morgan fingerprint density at radius 3 is 2.48 bits per heavy atom. The van der Waals surface area contributed by atoms with E-state index in [1.807, 2.05) is 34.9 Å². The van der Waals surface area contributed by atoms with E-state index < -0.39 is 5.97 Å². The zero-order chi connectivity index (χ0) is 19.0. The molecular weight excluding hydrogens is 384 g/mol. The zero-order valence-corrected chi connectivity index (χ0v) is 15.5. The molecule has 1 N–H and O–H groups in total. The first-order chi connectivity index (χ1) is 13.0. The molecule has 4 aromatic rings. The number of hydrogen-bond donors (Lipinski definition) is 1. The molecule has 0 saturated carbocycles. The lowest BCUT2D eigenvalue weighted by Gasteiger charge is -2.07. The molecule has 0 radical (unpaired) electrons. The van der Waals surface area contributed by atoms with Crippen LogP contribution in [0.2, 0.25) is 5.02 Å². The Morgan fingerprint density at radius 2 is 1.81 bits per heavy atom. The average molecular weight is 397 g/mol. The lowest BCUT2D eigenvalue weighted by atomic mass is 10.1. The van der Waals surface area contributed by atoms with Crippen molar-refractivity contribution in [2.75, 3.05) is 0 Å². The molecule has 27 heavy (non-hydrogen) atoms. The minimum atomic E-state index is -0.968. The Balaban J connectivity index is 1.76. The molecule has 0 unspecified atom stereocenters. The van der Waals surface area contributed by atoms with Crippen LogP contribution < -0.4 is 5.56 Å². The molecule has 2 aromatic heterocycles. The Hall–Kier alpha value is -2.96. The van der Waals surface area contributed by atoms with Crippen LogP contribution in [0.25, 0.3) is 20.7 Å². The van der Waals surface area contributed by atoms with E-state index in [-0.39, 0.29) is 11.1 Å². The Labute approximate surface area is 163 Å². The van der Waals surface area contributed by atoms with Gasteiger partial charge in [0.05, 0.1) is 17.4 Å². The van der Waals surface area contributed by atoms with E-state index >= 15 is 0 Å². The highest BCUT2D eigenvalue weighted by atomic mass is 35.5. The van der Waals surface area contributed by atoms with Gasteiger partial charge in [-0.05, 0) is 41.5 Å². The van der Waals surface area contributed by atoms with E-state index in [0.29, 0.717) is 16.3 Å². The number of thiophene rings is 1. The zero-order valence-electron chi connectivity index (χ0n) is 13.9. The normalized spacial score (nSPS) is 11.0. The third-order valence-corrected chi connectivity index (χ3v) is 5.63. The summed E-state index contributed by atoms with van der Waals surface area (Å²) in [5.41, 5.74) is 2.66. The van der Waals surface area contributed by atoms with E-state index in [0.717, 1.165) is 21.5 Å². The predicted molar refractivity (Wildman–Crippen MR) is 107 cm³/mol. The molecule has 0 amide bonds. The third-order valence-electron chi connectivity index (χ3n) is 4.21. The van der Waals surface area contributed by atoms with Gasteiger partial charge in [-0.15, -0.1) is 11.3 Å². The summed E-state index contributed by atoms with van der Waals surface area (Å²) in [6.45, 7) is 0.565. The van der Waals surface area contributed by atoms with Crippen LogP contribution in [0.4, 0.5) is 0 Å². The Morgan fingerprint density at radius 1 is 1.11 bits per heavy atom. The Kier molecular flexibility index (Phi) is 4.51. The molecule has 7 heteroatoms. The molecule has 0 aliphatic rings. The van der Waals surface area contributed by atoms with Gasteiger partial charge in [0.1, 0.15) is 4.70 Å². The first kappa shape index (κ1) is 17.5. The highest BCUT2D eigenvalue weighted by molar-refractivity contribution is 7.22. The monoisotopic (exact) mass is 396 g/mol. The fourth-order valence-electron chi connectivity index (χ4n) is 2.82. The van der Waals surface area contributed by atoms with Crippen molar-refractivity contribution in [1.82, 2.24) is 9.55 Å². The number of aromatic nitrogens is 2. The number of fused-ring (bicyclic) bond motifs is 1. The summed E-state index contributed by atoms with van der Waals surface area (Å²) < 4.78 is 2.50. The van der Waals surface area contributed by atoms with E-state index in [4.69, 9.17) is 16.7 Å². The van der Waals surface area contributed by atoms with Crippen molar-refractivity contribution in [3.05, 3.63) is 87.4 Å². The van der Waals surface area contributed by atoms with Crippen molar-refractivity contribution in [3.63, 3.8) is 0 Å². The van der Waals surface area contributed by atoms with Crippen molar-refractivity contribution in [3.8, 4) is 10.4 Å². The lowest BCUT2D eigenvalue weighted by molar-refractivity contribution is 0.0697. The summed E-state index contributed by atoms with van der Waals surface area (Å²) in [6.07, 6.45) is 1.54. The summed E-state index contributed by atoms with van der Waals surface area (Å²) in [4.78, 5) is 28.1. The van der Waals surface area contributed by atoms with Crippen molar-refractivity contribution >= 4 is 39.1 Å². The van der Waals surface area contributed by atoms with Gasteiger partial charge in [0, 0.05) is 16.4 Å². The van der Waals surface area contributed by atoms with Crippen LogP contribution >= 0.6 is 22.9 Å². The summed E-state index contributed by atoms with van der Waals surface area (Å²) in [5.74, 6) is -0.968. The number of aromatic carboxylic acids is 1. The second-order valence-corrected chi connectivity index (χ2v) is 7.50. The molecule has 0 spiro atoms. The standard InChI is InChI=1S/C20H13ClN2O3S/c21-15-7-1-12(2-8-15)10-23-11-22-19(24)18-16(23)9-17(27-18)13-3-5-14(6-4-13)20(25)26/h1-9,11H,10H2,(H,25,26). The number of benzene rings is 2. The van der Waals surface area contributed by atoms with Crippen LogP contribution in [-0.2, 0) is 6.54 Å². The molecule has 0 atom stereocenters. The number of hydrogen-bond acceptors (Lipinski definition) is 4. The average Bonchev–Trinajstić information content (AvgIpc) is 3.12. The third kappa shape index (κ3) is 3.49. The van der Waals surface area contributed by atoms with E-state index in [9.17, 15) is 9.59 Å². The largest absolute Gasteiger partial charge is 0.478 e. The van der Waals surface area contributed by atoms with E-state index in [1.165, 1.54) is 11.3 Å². The highest BCUT2D eigenvalue weighted by Crippen LogP contribution is 2.32. The second kappa shape index (κ2) is 6.98.